The number of nitrogens with one attached hydrogen (secondary N) is 1. The fourth-order valence-electron chi connectivity index (χ4n) is 0.745. The van der Waals surface area contributed by atoms with E-state index in [-0.39, 0.29) is 24.9 Å². The van der Waals surface area contributed by atoms with Crippen LogP contribution in [0, 0.1) is 3.57 Å². The molecule has 1 amide bonds. The quantitative estimate of drug-likeness (QED) is 0.815. The standard InChI is InChI=1S/C8H9IN2O.ClH/c9-6-1-3-7(4-2-6)11-8(12)5-10;/h1-4H,5,10H2,(H,11,12);1H. The summed E-state index contributed by atoms with van der Waals surface area (Å²) in [6.45, 7) is 0.0198. The maximum atomic E-state index is 10.8. The van der Waals surface area contributed by atoms with Gasteiger partial charge in [-0.1, -0.05) is 0 Å². The van der Waals surface area contributed by atoms with Crippen LogP contribution in [0.5, 0.6) is 0 Å². The lowest BCUT2D eigenvalue weighted by molar-refractivity contribution is -0.114. The van der Waals surface area contributed by atoms with Crippen molar-refractivity contribution in [3.63, 3.8) is 0 Å². The molecule has 0 saturated heterocycles. The Labute approximate surface area is 96.6 Å². The molecule has 0 fully saturated rings. The Balaban J connectivity index is 0.00000144. The van der Waals surface area contributed by atoms with Crippen molar-refractivity contribution in [2.45, 2.75) is 0 Å². The smallest absolute Gasteiger partial charge is 0.238 e. The van der Waals surface area contributed by atoms with Crippen LogP contribution in [0.4, 0.5) is 5.69 Å². The third-order valence-corrected chi connectivity index (χ3v) is 2.03. The molecule has 0 aliphatic rings. The number of hydrogen-bond donors (Lipinski definition) is 2. The second kappa shape index (κ2) is 6.17. The topological polar surface area (TPSA) is 55.1 Å². The third kappa shape index (κ3) is 4.44. The molecule has 0 heterocycles. The van der Waals surface area contributed by atoms with E-state index in [9.17, 15) is 4.79 Å². The van der Waals surface area contributed by atoms with Crippen molar-refractivity contribution >= 4 is 46.6 Å². The Morgan fingerprint density at radius 2 is 1.92 bits per heavy atom. The van der Waals surface area contributed by atoms with Crippen LogP contribution in [-0.2, 0) is 4.79 Å². The number of anilines is 1. The Morgan fingerprint density at radius 3 is 2.38 bits per heavy atom. The monoisotopic (exact) mass is 312 g/mol. The Morgan fingerprint density at radius 1 is 1.38 bits per heavy atom. The highest BCUT2D eigenvalue weighted by Crippen LogP contribution is 2.10. The van der Waals surface area contributed by atoms with Gasteiger partial charge in [-0.25, -0.2) is 0 Å². The maximum Gasteiger partial charge on any atom is 0.238 e. The van der Waals surface area contributed by atoms with Crippen LogP contribution >= 0.6 is 35.0 Å². The molecule has 3 N–H and O–H groups in total. The number of carbonyl (C=O) groups excluding carboxylic acids is 1. The molecule has 0 bridgehead atoms. The highest BCUT2D eigenvalue weighted by Gasteiger charge is 1.97. The first-order valence-corrected chi connectivity index (χ1v) is 4.56. The Kier molecular flexibility index (Phi) is 6.02. The van der Waals surface area contributed by atoms with E-state index in [0.717, 1.165) is 9.26 Å². The predicted octanol–water partition coefficient (Wildman–Crippen LogP) is 1.61. The maximum absolute atomic E-state index is 10.8. The minimum Gasteiger partial charge on any atom is -0.325 e. The van der Waals surface area contributed by atoms with Crippen molar-refractivity contribution in [3.8, 4) is 0 Å². The molecular weight excluding hydrogens is 302 g/mol. The lowest BCUT2D eigenvalue weighted by Gasteiger charge is -2.02. The van der Waals surface area contributed by atoms with Crippen molar-refractivity contribution in [2.24, 2.45) is 5.73 Å². The van der Waals surface area contributed by atoms with Gasteiger partial charge in [-0.05, 0) is 46.9 Å². The summed E-state index contributed by atoms with van der Waals surface area (Å²) in [6.07, 6.45) is 0. The highest BCUT2D eigenvalue weighted by molar-refractivity contribution is 14.1. The van der Waals surface area contributed by atoms with Crippen LogP contribution in [0.3, 0.4) is 0 Å². The summed E-state index contributed by atoms with van der Waals surface area (Å²) in [6, 6.07) is 7.53. The number of rotatable bonds is 2. The van der Waals surface area contributed by atoms with E-state index < -0.39 is 0 Å². The number of hydrogen-bond acceptors (Lipinski definition) is 2. The molecule has 0 aliphatic carbocycles. The molecule has 0 atom stereocenters. The lowest BCUT2D eigenvalue weighted by Crippen LogP contribution is -2.21. The van der Waals surface area contributed by atoms with E-state index in [0.29, 0.717) is 0 Å². The van der Waals surface area contributed by atoms with Gasteiger partial charge in [0.1, 0.15) is 0 Å². The first kappa shape index (κ1) is 12.7. The number of nitrogens with two attached hydrogens (primary N) is 1. The fraction of sp³-hybridized carbons (Fsp3) is 0.125. The van der Waals surface area contributed by atoms with Crippen LogP contribution in [0.15, 0.2) is 24.3 Å². The van der Waals surface area contributed by atoms with E-state index in [4.69, 9.17) is 5.73 Å². The Hall–Kier alpha value is -0.330. The van der Waals surface area contributed by atoms with E-state index in [1.54, 1.807) is 0 Å². The first-order chi connectivity index (χ1) is 5.72. The molecule has 1 rings (SSSR count). The largest absolute Gasteiger partial charge is 0.325 e. The van der Waals surface area contributed by atoms with Gasteiger partial charge < -0.3 is 11.1 Å². The van der Waals surface area contributed by atoms with Crippen molar-refractivity contribution < 1.29 is 4.79 Å². The van der Waals surface area contributed by atoms with E-state index in [1.165, 1.54) is 0 Å². The molecule has 5 heteroatoms. The summed E-state index contributed by atoms with van der Waals surface area (Å²) in [5, 5.41) is 2.65. The van der Waals surface area contributed by atoms with E-state index >= 15 is 0 Å². The van der Waals surface area contributed by atoms with Gasteiger partial charge in [0.15, 0.2) is 0 Å². The molecule has 0 aromatic heterocycles. The molecule has 13 heavy (non-hydrogen) atoms. The predicted molar refractivity (Wildman–Crippen MR) is 64.1 cm³/mol. The number of carbonyl (C=O) groups is 1. The summed E-state index contributed by atoms with van der Waals surface area (Å²) in [5.41, 5.74) is 5.92. The molecule has 72 valence electrons. The fourth-order valence-corrected chi connectivity index (χ4v) is 1.10. The lowest BCUT2D eigenvalue weighted by atomic mass is 10.3. The number of amides is 1. The van der Waals surface area contributed by atoms with Gasteiger partial charge in [0.25, 0.3) is 0 Å². The molecule has 0 unspecified atom stereocenters. The molecule has 0 radical (unpaired) electrons. The van der Waals surface area contributed by atoms with Gasteiger partial charge in [-0.2, -0.15) is 0 Å². The van der Waals surface area contributed by atoms with Crippen molar-refractivity contribution in [1.82, 2.24) is 0 Å². The molecule has 0 saturated carbocycles. The van der Waals surface area contributed by atoms with Crippen molar-refractivity contribution in [2.75, 3.05) is 11.9 Å². The molecule has 1 aromatic rings. The first-order valence-electron chi connectivity index (χ1n) is 3.48. The molecule has 1 aromatic carbocycles. The third-order valence-electron chi connectivity index (χ3n) is 1.31. The van der Waals surface area contributed by atoms with Gasteiger partial charge >= 0.3 is 0 Å². The van der Waals surface area contributed by atoms with Crippen LogP contribution in [-0.4, -0.2) is 12.5 Å². The van der Waals surface area contributed by atoms with Crippen LogP contribution < -0.4 is 11.1 Å². The minimum absolute atomic E-state index is 0. The minimum atomic E-state index is -0.170. The summed E-state index contributed by atoms with van der Waals surface area (Å²) in [7, 11) is 0. The normalized spacial score (nSPS) is 8.77. The molecule has 0 aliphatic heterocycles. The zero-order valence-corrected chi connectivity index (χ0v) is 9.76. The van der Waals surface area contributed by atoms with Crippen LogP contribution in [0.2, 0.25) is 0 Å². The SMILES string of the molecule is Cl.NCC(=O)Nc1ccc(I)cc1. The zero-order chi connectivity index (χ0) is 8.97. The van der Waals surface area contributed by atoms with Crippen molar-refractivity contribution in [1.29, 1.82) is 0 Å². The molecule has 3 nitrogen and oxygen atoms in total. The van der Waals surface area contributed by atoms with Crippen LogP contribution in [0.1, 0.15) is 0 Å². The van der Waals surface area contributed by atoms with E-state index in [1.807, 2.05) is 24.3 Å². The van der Waals surface area contributed by atoms with Crippen molar-refractivity contribution in [3.05, 3.63) is 27.8 Å². The van der Waals surface area contributed by atoms with Gasteiger partial charge in [-0.15, -0.1) is 12.4 Å². The second-order valence-electron chi connectivity index (χ2n) is 2.26. The number of halogens is 2. The number of benzene rings is 1. The van der Waals surface area contributed by atoms with Crippen LogP contribution in [0.25, 0.3) is 0 Å². The Bertz CT molecular complexity index is 276. The van der Waals surface area contributed by atoms with Gasteiger partial charge in [0, 0.05) is 9.26 Å². The second-order valence-corrected chi connectivity index (χ2v) is 3.50. The highest BCUT2D eigenvalue weighted by atomic mass is 127. The van der Waals surface area contributed by atoms with E-state index in [2.05, 4.69) is 27.9 Å². The summed E-state index contributed by atoms with van der Waals surface area (Å²) in [4.78, 5) is 10.8. The summed E-state index contributed by atoms with van der Waals surface area (Å²) >= 11 is 2.20. The summed E-state index contributed by atoms with van der Waals surface area (Å²) < 4.78 is 1.14. The van der Waals surface area contributed by atoms with Gasteiger partial charge in [0.2, 0.25) is 5.91 Å². The summed E-state index contributed by atoms with van der Waals surface area (Å²) in [5.74, 6) is -0.170. The average Bonchev–Trinajstić information content (AvgIpc) is 2.09. The zero-order valence-electron chi connectivity index (χ0n) is 6.79. The van der Waals surface area contributed by atoms with Gasteiger partial charge in [0.05, 0.1) is 6.54 Å². The average molecular weight is 313 g/mol. The van der Waals surface area contributed by atoms with Gasteiger partial charge in [-0.3, -0.25) is 4.79 Å². The molecular formula is C8H10ClIN2O. The molecule has 0 spiro atoms.